The molecule has 0 unspecified atom stereocenters. The molecule has 0 radical (unpaired) electrons. The van der Waals surface area contributed by atoms with Gasteiger partial charge < -0.3 is 5.41 Å². The molecule has 0 heterocycles. The Morgan fingerprint density at radius 3 is 2.31 bits per heavy atom. The summed E-state index contributed by atoms with van der Waals surface area (Å²) < 4.78 is 13.4. The lowest BCUT2D eigenvalue weighted by molar-refractivity contribution is 0.523. The summed E-state index contributed by atoms with van der Waals surface area (Å²) in [6.45, 7) is 5.90. The van der Waals surface area contributed by atoms with Crippen LogP contribution in [-0.4, -0.2) is 6.21 Å². The summed E-state index contributed by atoms with van der Waals surface area (Å²) in [5, 5.41) is 6.98. The van der Waals surface area contributed by atoms with E-state index in [1.807, 2.05) is 20.8 Å². The second-order valence-corrected chi connectivity index (χ2v) is 4.13. The highest BCUT2D eigenvalue weighted by molar-refractivity contribution is 5.76. The van der Waals surface area contributed by atoms with E-state index < -0.39 is 0 Å². The molecule has 0 saturated carbocycles. The summed E-state index contributed by atoms with van der Waals surface area (Å²) in [5.74, 6) is -0.228. The van der Waals surface area contributed by atoms with Gasteiger partial charge in [-0.15, -0.1) is 0 Å². The van der Waals surface area contributed by atoms with Crippen molar-refractivity contribution in [2.75, 3.05) is 0 Å². The Labute approximate surface area is 78.1 Å². The maximum absolute atomic E-state index is 13.4. The van der Waals surface area contributed by atoms with Gasteiger partial charge in [-0.2, -0.15) is 0 Å². The summed E-state index contributed by atoms with van der Waals surface area (Å²) >= 11 is 0. The maximum atomic E-state index is 13.4. The largest absolute Gasteiger partial charge is 0.308 e. The third-order valence-electron chi connectivity index (χ3n) is 1.97. The van der Waals surface area contributed by atoms with Crippen LogP contribution in [-0.2, 0) is 5.41 Å². The second kappa shape index (κ2) is 3.29. The summed E-state index contributed by atoms with van der Waals surface area (Å²) in [4.78, 5) is 0. The first-order valence-electron chi connectivity index (χ1n) is 4.25. The molecule has 13 heavy (non-hydrogen) atoms. The third-order valence-corrected chi connectivity index (χ3v) is 1.97. The third kappa shape index (κ3) is 2.14. The van der Waals surface area contributed by atoms with Gasteiger partial charge >= 0.3 is 0 Å². The van der Waals surface area contributed by atoms with Gasteiger partial charge in [0.15, 0.2) is 0 Å². The van der Waals surface area contributed by atoms with Crippen LogP contribution in [0.25, 0.3) is 0 Å². The number of benzene rings is 1. The second-order valence-electron chi connectivity index (χ2n) is 4.13. The molecule has 0 amide bonds. The normalized spacial score (nSPS) is 11.4. The van der Waals surface area contributed by atoms with Crippen molar-refractivity contribution in [1.82, 2.24) is 0 Å². The summed E-state index contributed by atoms with van der Waals surface area (Å²) in [6, 6.07) is 4.90. The lowest BCUT2D eigenvalue weighted by Crippen LogP contribution is -2.13. The topological polar surface area (TPSA) is 23.9 Å². The Balaban J connectivity index is 3.20. The van der Waals surface area contributed by atoms with Gasteiger partial charge in [0.05, 0.1) is 0 Å². The number of nitrogens with one attached hydrogen (secondary N) is 1. The van der Waals surface area contributed by atoms with Gasteiger partial charge in [-0.3, -0.25) is 0 Å². The van der Waals surface area contributed by atoms with E-state index in [-0.39, 0.29) is 11.2 Å². The molecule has 0 saturated heterocycles. The van der Waals surface area contributed by atoms with Crippen molar-refractivity contribution in [2.24, 2.45) is 0 Å². The molecule has 0 atom stereocenters. The molecule has 1 rings (SSSR count). The van der Waals surface area contributed by atoms with E-state index in [4.69, 9.17) is 5.41 Å². The maximum Gasteiger partial charge on any atom is 0.127 e. The van der Waals surface area contributed by atoms with Crippen LogP contribution in [0, 0.1) is 11.2 Å². The minimum absolute atomic E-state index is 0.176. The average Bonchev–Trinajstić information content (AvgIpc) is 2.01. The zero-order valence-electron chi connectivity index (χ0n) is 8.19. The van der Waals surface area contributed by atoms with Crippen molar-refractivity contribution in [3.63, 3.8) is 0 Å². The Morgan fingerprint density at radius 2 is 1.92 bits per heavy atom. The molecule has 0 aliphatic rings. The highest BCUT2D eigenvalue weighted by Gasteiger charge is 2.17. The number of hydrogen-bond donors (Lipinski definition) is 1. The molecule has 0 bridgehead atoms. The molecule has 0 aliphatic carbocycles. The Hall–Kier alpha value is -1.18. The van der Waals surface area contributed by atoms with Crippen molar-refractivity contribution >= 4 is 6.21 Å². The molecule has 0 spiro atoms. The fourth-order valence-electron chi connectivity index (χ4n) is 1.23. The minimum Gasteiger partial charge on any atom is -0.308 e. The van der Waals surface area contributed by atoms with E-state index in [0.717, 1.165) is 6.21 Å². The number of halogens is 1. The lowest BCUT2D eigenvalue weighted by Gasteiger charge is -2.19. The number of rotatable bonds is 1. The highest BCUT2D eigenvalue weighted by atomic mass is 19.1. The predicted molar refractivity (Wildman–Crippen MR) is 53.0 cm³/mol. The minimum atomic E-state index is -0.228. The molecule has 70 valence electrons. The van der Waals surface area contributed by atoms with E-state index in [1.54, 1.807) is 12.1 Å². The van der Waals surface area contributed by atoms with Gasteiger partial charge in [0.2, 0.25) is 0 Å². The SMILES string of the molecule is CC(C)(C)c1ccc(C=N)cc1F. The van der Waals surface area contributed by atoms with E-state index in [2.05, 4.69) is 0 Å². The van der Waals surface area contributed by atoms with Gasteiger partial charge in [-0.05, 0) is 22.6 Å². The van der Waals surface area contributed by atoms with E-state index in [0.29, 0.717) is 11.1 Å². The van der Waals surface area contributed by atoms with Crippen molar-refractivity contribution in [2.45, 2.75) is 26.2 Å². The molecular formula is C11H14FN. The van der Waals surface area contributed by atoms with Crippen molar-refractivity contribution in [1.29, 1.82) is 5.41 Å². The first kappa shape index (κ1) is 9.90. The quantitative estimate of drug-likeness (QED) is 0.640. The summed E-state index contributed by atoms with van der Waals surface area (Å²) in [7, 11) is 0. The molecule has 0 aromatic heterocycles. The zero-order valence-corrected chi connectivity index (χ0v) is 8.19. The first-order valence-corrected chi connectivity index (χ1v) is 4.25. The van der Waals surface area contributed by atoms with E-state index >= 15 is 0 Å². The van der Waals surface area contributed by atoms with Crippen LogP contribution in [0.5, 0.6) is 0 Å². The molecule has 0 aliphatic heterocycles. The molecular weight excluding hydrogens is 165 g/mol. The van der Waals surface area contributed by atoms with Crippen LogP contribution >= 0.6 is 0 Å². The monoisotopic (exact) mass is 179 g/mol. The Bertz CT molecular complexity index is 323. The van der Waals surface area contributed by atoms with Gasteiger partial charge in [-0.1, -0.05) is 32.9 Å². The van der Waals surface area contributed by atoms with Crippen molar-refractivity contribution in [3.05, 3.63) is 35.1 Å². The Kier molecular flexibility index (Phi) is 2.50. The number of hydrogen-bond acceptors (Lipinski definition) is 1. The van der Waals surface area contributed by atoms with Gasteiger partial charge in [0, 0.05) is 6.21 Å². The Morgan fingerprint density at radius 1 is 1.31 bits per heavy atom. The fourth-order valence-corrected chi connectivity index (χ4v) is 1.23. The van der Waals surface area contributed by atoms with Gasteiger partial charge in [-0.25, -0.2) is 4.39 Å². The lowest BCUT2D eigenvalue weighted by atomic mass is 9.86. The van der Waals surface area contributed by atoms with Crippen LogP contribution in [0.2, 0.25) is 0 Å². The van der Waals surface area contributed by atoms with Crippen molar-refractivity contribution < 1.29 is 4.39 Å². The zero-order chi connectivity index (χ0) is 10.1. The van der Waals surface area contributed by atoms with Crippen LogP contribution in [0.4, 0.5) is 4.39 Å². The first-order chi connectivity index (χ1) is 5.95. The highest BCUT2D eigenvalue weighted by Crippen LogP contribution is 2.25. The molecule has 1 aromatic rings. The van der Waals surface area contributed by atoms with Gasteiger partial charge in [0.25, 0.3) is 0 Å². The van der Waals surface area contributed by atoms with E-state index in [1.165, 1.54) is 6.07 Å². The average molecular weight is 179 g/mol. The van der Waals surface area contributed by atoms with E-state index in [9.17, 15) is 4.39 Å². The standard InChI is InChI=1S/C11H14FN/c1-11(2,3)9-5-4-8(7-13)6-10(9)12/h4-7,13H,1-3H3. The van der Waals surface area contributed by atoms with Crippen LogP contribution in [0.15, 0.2) is 18.2 Å². The summed E-state index contributed by atoms with van der Waals surface area (Å²) in [5.41, 5.74) is 1.12. The van der Waals surface area contributed by atoms with Gasteiger partial charge in [0.1, 0.15) is 5.82 Å². The van der Waals surface area contributed by atoms with Crippen molar-refractivity contribution in [3.8, 4) is 0 Å². The fraction of sp³-hybridized carbons (Fsp3) is 0.364. The molecule has 1 N–H and O–H groups in total. The molecule has 2 heteroatoms. The molecule has 0 fully saturated rings. The predicted octanol–water partition coefficient (Wildman–Crippen LogP) is 3.12. The van der Waals surface area contributed by atoms with Crippen LogP contribution in [0.3, 0.4) is 0 Å². The van der Waals surface area contributed by atoms with Crippen LogP contribution < -0.4 is 0 Å². The molecule has 1 nitrogen and oxygen atoms in total. The summed E-state index contributed by atoms with van der Waals surface area (Å²) in [6.07, 6.45) is 1.15. The van der Waals surface area contributed by atoms with Crippen LogP contribution in [0.1, 0.15) is 31.9 Å². The molecule has 1 aromatic carbocycles. The smallest absolute Gasteiger partial charge is 0.127 e.